The lowest BCUT2D eigenvalue weighted by Crippen LogP contribution is -2.50. The largest absolute Gasteiger partial charge is 0.340 e. The lowest BCUT2D eigenvalue weighted by atomic mass is 9.67. The van der Waals surface area contributed by atoms with Gasteiger partial charge in [-0.3, -0.25) is 4.79 Å². The fourth-order valence-electron chi connectivity index (χ4n) is 4.38. The van der Waals surface area contributed by atoms with Gasteiger partial charge in [0.05, 0.1) is 0 Å². The fourth-order valence-corrected chi connectivity index (χ4v) is 4.38. The van der Waals surface area contributed by atoms with E-state index in [1.54, 1.807) is 0 Å². The second-order valence-electron chi connectivity index (χ2n) is 6.94. The standard InChI is InChI=1S/C16H28N2O/c1-17-8-10-18(11-9-17)16(19)15-7-6-13-4-2-3-5-14(13)12-15/h13-15H,2-12H2,1H3/t13-,14+,15+/m0/s1. The van der Waals surface area contributed by atoms with E-state index < -0.39 is 0 Å². The van der Waals surface area contributed by atoms with Crippen molar-refractivity contribution in [3.63, 3.8) is 0 Å². The Morgan fingerprint density at radius 3 is 2.32 bits per heavy atom. The smallest absolute Gasteiger partial charge is 0.225 e. The second-order valence-corrected chi connectivity index (χ2v) is 6.94. The molecule has 3 fully saturated rings. The van der Waals surface area contributed by atoms with Crippen LogP contribution in [-0.4, -0.2) is 48.9 Å². The van der Waals surface area contributed by atoms with E-state index in [1.165, 1.54) is 38.5 Å². The highest BCUT2D eigenvalue weighted by molar-refractivity contribution is 5.79. The van der Waals surface area contributed by atoms with E-state index in [9.17, 15) is 4.79 Å². The van der Waals surface area contributed by atoms with E-state index in [0.717, 1.165) is 44.4 Å². The van der Waals surface area contributed by atoms with Gasteiger partial charge >= 0.3 is 0 Å². The van der Waals surface area contributed by atoms with E-state index in [1.807, 2.05) is 0 Å². The third-order valence-electron chi connectivity index (χ3n) is 5.70. The van der Waals surface area contributed by atoms with Gasteiger partial charge in [-0.15, -0.1) is 0 Å². The molecule has 1 heterocycles. The number of carbonyl (C=O) groups is 1. The van der Waals surface area contributed by atoms with Crippen molar-refractivity contribution in [2.45, 2.75) is 44.9 Å². The quantitative estimate of drug-likeness (QED) is 0.726. The molecule has 3 rings (SSSR count). The molecule has 3 aliphatic rings. The molecule has 0 bridgehead atoms. The summed E-state index contributed by atoms with van der Waals surface area (Å²) in [6.07, 6.45) is 9.31. The maximum Gasteiger partial charge on any atom is 0.225 e. The van der Waals surface area contributed by atoms with Gasteiger partial charge in [-0.05, 0) is 38.1 Å². The SMILES string of the molecule is CN1CCN(C(=O)[C@@H]2CC[C@@H]3CCCC[C@@H]3C2)CC1. The highest BCUT2D eigenvalue weighted by atomic mass is 16.2. The summed E-state index contributed by atoms with van der Waals surface area (Å²) in [6, 6.07) is 0. The number of piperazine rings is 1. The van der Waals surface area contributed by atoms with E-state index in [2.05, 4.69) is 16.8 Å². The molecule has 0 N–H and O–H groups in total. The zero-order valence-electron chi connectivity index (χ0n) is 12.3. The molecular weight excluding hydrogens is 236 g/mol. The van der Waals surface area contributed by atoms with Gasteiger partial charge in [0.2, 0.25) is 5.91 Å². The molecule has 0 aromatic carbocycles. The third kappa shape index (κ3) is 2.96. The number of hydrogen-bond acceptors (Lipinski definition) is 2. The Balaban J connectivity index is 1.55. The minimum absolute atomic E-state index is 0.350. The van der Waals surface area contributed by atoms with Crippen LogP contribution in [0.2, 0.25) is 0 Å². The van der Waals surface area contributed by atoms with Crippen molar-refractivity contribution < 1.29 is 4.79 Å². The fraction of sp³-hybridized carbons (Fsp3) is 0.938. The first-order valence-corrected chi connectivity index (χ1v) is 8.21. The topological polar surface area (TPSA) is 23.6 Å². The van der Waals surface area contributed by atoms with Crippen LogP contribution in [0.1, 0.15) is 44.9 Å². The summed E-state index contributed by atoms with van der Waals surface area (Å²) in [4.78, 5) is 17.1. The van der Waals surface area contributed by atoms with Crippen LogP contribution < -0.4 is 0 Å². The first-order chi connectivity index (χ1) is 9.24. The molecule has 2 saturated carbocycles. The molecule has 19 heavy (non-hydrogen) atoms. The van der Waals surface area contributed by atoms with Gasteiger partial charge in [0.25, 0.3) is 0 Å². The molecule has 0 spiro atoms. The van der Waals surface area contributed by atoms with Crippen molar-refractivity contribution in [3.05, 3.63) is 0 Å². The van der Waals surface area contributed by atoms with Crippen molar-refractivity contribution >= 4 is 5.91 Å². The summed E-state index contributed by atoms with van der Waals surface area (Å²) < 4.78 is 0. The van der Waals surface area contributed by atoms with Crippen LogP contribution >= 0.6 is 0 Å². The van der Waals surface area contributed by atoms with Crippen molar-refractivity contribution in [1.29, 1.82) is 0 Å². The maximum atomic E-state index is 12.6. The second kappa shape index (κ2) is 5.82. The predicted molar refractivity (Wildman–Crippen MR) is 76.9 cm³/mol. The molecule has 1 amide bonds. The Morgan fingerprint density at radius 2 is 1.58 bits per heavy atom. The number of rotatable bonds is 1. The van der Waals surface area contributed by atoms with Crippen LogP contribution in [0.4, 0.5) is 0 Å². The van der Waals surface area contributed by atoms with Gasteiger partial charge in [0, 0.05) is 32.1 Å². The Bertz CT molecular complexity index is 323. The van der Waals surface area contributed by atoms with Gasteiger partial charge < -0.3 is 9.80 Å². The van der Waals surface area contributed by atoms with E-state index >= 15 is 0 Å². The Morgan fingerprint density at radius 1 is 0.895 bits per heavy atom. The number of fused-ring (bicyclic) bond motifs is 1. The number of likely N-dealkylation sites (N-methyl/N-ethyl adjacent to an activating group) is 1. The van der Waals surface area contributed by atoms with Gasteiger partial charge in [-0.1, -0.05) is 25.7 Å². The first-order valence-electron chi connectivity index (χ1n) is 8.21. The van der Waals surface area contributed by atoms with Crippen LogP contribution in [0.3, 0.4) is 0 Å². The highest BCUT2D eigenvalue weighted by Gasteiger charge is 2.36. The molecule has 3 heteroatoms. The summed E-state index contributed by atoms with van der Waals surface area (Å²) in [7, 11) is 2.15. The number of nitrogens with zero attached hydrogens (tertiary/aromatic N) is 2. The lowest BCUT2D eigenvalue weighted by molar-refractivity contribution is -0.139. The molecule has 0 radical (unpaired) electrons. The molecular formula is C16H28N2O. The van der Waals surface area contributed by atoms with Crippen LogP contribution in [0, 0.1) is 17.8 Å². The number of carbonyl (C=O) groups excluding carboxylic acids is 1. The zero-order chi connectivity index (χ0) is 13.2. The Kier molecular flexibility index (Phi) is 4.11. The van der Waals surface area contributed by atoms with E-state index in [4.69, 9.17) is 0 Å². The average Bonchev–Trinajstić information content (AvgIpc) is 2.47. The molecule has 0 aromatic heterocycles. The molecule has 108 valence electrons. The highest BCUT2D eigenvalue weighted by Crippen LogP contribution is 2.43. The van der Waals surface area contributed by atoms with Gasteiger partial charge in [-0.2, -0.15) is 0 Å². The lowest BCUT2D eigenvalue weighted by Gasteiger charge is -2.41. The molecule has 1 aliphatic heterocycles. The third-order valence-corrected chi connectivity index (χ3v) is 5.70. The van der Waals surface area contributed by atoms with Crippen molar-refractivity contribution in [3.8, 4) is 0 Å². The van der Waals surface area contributed by atoms with Gasteiger partial charge in [0.15, 0.2) is 0 Å². The van der Waals surface area contributed by atoms with Crippen LogP contribution in [0.25, 0.3) is 0 Å². The molecule has 3 atom stereocenters. The first kappa shape index (κ1) is 13.4. The van der Waals surface area contributed by atoms with Crippen molar-refractivity contribution in [1.82, 2.24) is 9.80 Å². The minimum atomic E-state index is 0.350. The van der Waals surface area contributed by atoms with E-state index in [0.29, 0.717) is 11.8 Å². The molecule has 1 saturated heterocycles. The van der Waals surface area contributed by atoms with E-state index in [-0.39, 0.29) is 0 Å². The molecule has 2 aliphatic carbocycles. The zero-order valence-corrected chi connectivity index (χ0v) is 12.3. The number of hydrogen-bond donors (Lipinski definition) is 0. The van der Waals surface area contributed by atoms with Crippen LogP contribution in [0.15, 0.2) is 0 Å². The Labute approximate surface area is 117 Å². The molecule has 0 aromatic rings. The monoisotopic (exact) mass is 264 g/mol. The molecule has 3 nitrogen and oxygen atoms in total. The van der Waals surface area contributed by atoms with Crippen molar-refractivity contribution in [2.24, 2.45) is 17.8 Å². The maximum absolute atomic E-state index is 12.6. The van der Waals surface area contributed by atoms with Crippen LogP contribution in [0.5, 0.6) is 0 Å². The summed E-state index contributed by atoms with van der Waals surface area (Å²) in [5.41, 5.74) is 0. The molecule has 0 unspecified atom stereocenters. The van der Waals surface area contributed by atoms with Crippen LogP contribution in [-0.2, 0) is 4.79 Å². The predicted octanol–water partition coefficient (Wildman–Crippen LogP) is 2.37. The summed E-state index contributed by atoms with van der Waals surface area (Å²) >= 11 is 0. The number of amides is 1. The summed E-state index contributed by atoms with van der Waals surface area (Å²) in [5.74, 6) is 2.63. The van der Waals surface area contributed by atoms with Gasteiger partial charge in [-0.25, -0.2) is 0 Å². The summed E-state index contributed by atoms with van der Waals surface area (Å²) in [6.45, 7) is 3.98. The van der Waals surface area contributed by atoms with Gasteiger partial charge in [0.1, 0.15) is 0 Å². The minimum Gasteiger partial charge on any atom is -0.340 e. The summed E-state index contributed by atoms with van der Waals surface area (Å²) in [5, 5.41) is 0. The average molecular weight is 264 g/mol. The normalized spacial score (nSPS) is 36.9. The Hall–Kier alpha value is -0.570. The van der Waals surface area contributed by atoms with Crippen molar-refractivity contribution in [2.75, 3.05) is 33.2 Å².